The number of benzene rings is 2. The predicted molar refractivity (Wildman–Crippen MR) is 179 cm³/mol. The van der Waals surface area contributed by atoms with E-state index < -0.39 is 23.9 Å². The average molecular weight is 648 g/mol. The number of nitrogens with one attached hydrogen (secondary N) is 3. The number of hydrogen-bond donors (Lipinski definition) is 3. The van der Waals surface area contributed by atoms with E-state index in [1.54, 1.807) is 31.0 Å². The average Bonchev–Trinajstić information content (AvgIpc) is 3.46. The Kier molecular flexibility index (Phi) is 18.9. The highest BCUT2D eigenvalue weighted by atomic mass is 19.1. The van der Waals surface area contributed by atoms with Crippen LogP contribution in [0.15, 0.2) is 73.2 Å². The molecule has 2 heterocycles. The summed E-state index contributed by atoms with van der Waals surface area (Å²) in [7, 11) is 1.56. The van der Waals surface area contributed by atoms with Crippen LogP contribution in [0, 0.1) is 34.9 Å². The molecule has 4 unspecified atom stereocenters. The Morgan fingerprint density at radius 1 is 1.04 bits per heavy atom. The second-order valence-electron chi connectivity index (χ2n) is 11.5. The molecule has 12 heteroatoms. The molecule has 1 fully saturated rings. The first kappa shape index (κ1) is 39.8. The van der Waals surface area contributed by atoms with Gasteiger partial charge in [0.15, 0.2) is 0 Å². The van der Waals surface area contributed by atoms with E-state index in [4.69, 9.17) is 4.79 Å². The van der Waals surface area contributed by atoms with Gasteiger partial charge in [-0.15, -0.1) is 0 Å². The van der Waals surface area contributed by atoms with Crippen molar-refractivity contribution in [2.45, 2.75) is 59.5 Å². The lowest BCUT2D eigenvalue weighted by Gasteiger charge is -2.29. The van der Waals surface area contributed by atoms with E-state index in [0.29, 0.717) is 32.2 Å². The zero-order valence-corrected chi connectivity index (χ0v) is 27.9. The first-order valence-electron chi connectivity index (χ1n) is 15.3. The molecule has 252 valence electrons. The quantitative estimate of drug-likeness (QED) is 0.286. The maximum absolute atomic E-state index is 13.3. The van der Waals surface area contributed by atoms with Crippen molar-refractivity contribution in [3.05, 3.63) is 90.3 Å². The van der Waals surface area contributed by atoms with E-state index in [9.17, 15) is 24.0 Å². The molecule has 2 aromatic carbocycles. The molecule has 0 spiro atoms. The minimum atomic E-state index is -0.586. The second-order valence-corrected chi connectivity index (χ2v) is 11.5. The highest BCUT2D eigenvalue weighted by Gasteiger charge is 2.38. The second kappa shape index (κ2) is 22.3. The number of rotatable bonds is 9. The Balaban J connectivity index is 0.000000531. The van der Waals surface area contributed by atoms with Crippen LogP contribution < -0.4 is 16.0 Å². The van der Waals surface area contributed by atoms with E-state index >= 15 is 0 Å². The molecular weight excluding hydrogens is 601 g/mol. The predicted octanol–water partition coefficient (Wildman–Crippen LogP) is 4.63. The van der Waals surface area contributed by atoms with Gasteiger partial charge in [0.2, 0.25) is 18.7 Å². The highest BCUT2D eigenvalue weighted by Crippen LogP contribution is 2.26. The topological polar surface area (TPSA) is 157 Å². The molecule has 1 saturated heterocycles. The lowest BCUT2D eigenvalue weighted by molar-refractivity contribution is -0.136. The SMILES string of the molecule is CC(C)C.CC1CC(C#N)N(C(=O)C(C)C(Cc2ccc(F)cc2)NC(=O)c2cnccn2)C1.CNC=O.O=CNc1ccccc1. The molecule has 11 nitrogen and oxygen atoms in total. The summed E-state index contributed by atoms with van der Waals surface area (Å²) in [6.07, 6.45) is 6.50. The van der Waals surface area contributed by atoms with Gasteiger partial charge in [0.05, 0.1) is 18.2 Å². The van der Waals surface area contributed by atoms with Crippen molar-refractivity contribution in [2.24, 2.45) is 17.8 Å². The summed E-state index contributed by atoms with van der Waals surface area (Å²) in [5, 5.41) is 17.1. The number of carbonyl (C=O) groups is 4. The van der Waals surface area contributed by atoms with Gasteiger partial charge in [-0.3, -0.25) is 24.2 Å². The number of nitriles is 1. The zero-order valence-electron chi connectivity index (χ0n) is 27.9. The summed E-state index contributed by atoms with van der Waals surface area (Å²) in [5.41, 5.74) is 1.76. The molecule has 4 rings (SSSR count). The van der Waals surface area contributed by atoms with E-state index in [-0.39, 0.29) is 23.3 Å². The number of para-hydroxylation sites is 1. The van der Waals surface area contributed by atoms with Gasteiger partial charge in [0.25, 0.3) is 5.91 Å². The molecule has 3 aromatic rings. The van der Waals surface area contributed by atoms with E-state index in [1.165, 1.54) is 30.7 Å². The van der Waals surface area contributed by atoms with Crippen molar-refractivity contribution in [3.63, 3.8) is 0 Å². The van der Waals surface area contributed by atoms with Gasteiger partial charge >= 0.3 is 0 Å². The summed E-state index contributed by atoms with van der Waals surface area (Å²) in [6, 6.07) is 16.4. The van der Waals surface area contributed by atoms with Crippen molar-refractivity contribution in [3.8, 4) is 6.07 Å². The van der Waals surface area contributed by atoms with Crippen LogP contribution >= 0.6 is 0 Å². The van der Waals surface area contributed by atoms with E-state index in [1.807, 2.05) is 37.3 Å². The van der Waals surface area contributed by atoms with Gasteiger partial charge in [0.1, 0.15) is 17.6 Å². The maximum Gasteiger partial charge on any atom is 0.271 e. The normalized spacial score (nSPS) is 15.8. The molecule has 1 aliphatic heterocycles. The lowest BCUT2D eigenvalue weighted by atomic mass is 9.93. The summed E-state index contributed by atoms with van der Waals surface area (Å²) >= 11 is 0. The van der Waals surface area contributed by atoms with Crippen molar-refractivity contribution in [1.29, 1.82) is 5.26 Å². The van der Waals surface area contributed by atoms with Crippen LogP contribution in [0.2, 0.25) is 0 Å². The summed E-state index contributed by atoms with van der Waals surface area (Å²) in [5.74, 6) is -0.489. The lowest BCUT2D eigenvalue weighted by Crippen LogP contribution is -2.49. The van der Waals surface area contributed by atoms with Gasteiger partial charge in [-0.2, -0.15) is 5.26 Å². The molecule has 4 atom stereocenters. The summed E-state index contributed by atoms with van der Waals surface area (Å²) < 4.78 is 13.3. The largest absolute Gasteiger partial charge is 0.362 e. The summed E-state index contributed by atoms with van der Waals surface area (Å²) in [4.78, 5) is 54.3. The van der Waals surface area contributed by atoms with Crippen LogP contribution in [0.1, 0.15) is 57.1 Å². The van der Waals surface area contributed by atoms with E-state index in [0.717, 1.165) is 17.2 Å². The number of halogens is 1. The number of anilines is 1. The molecule has 0 radical (unpaired) electrons. The fourth-order valence-corrected chi connectivity index (χ4v) is 4.33. The van der Waals surface area contributed by atoms with Gasteiger partial charge in [-0.1, -0.05) is 65.0 Å². The molecule has 0 aliphatic carbocycles. The Hall–Kier alpha value is -5.18. The minimum absolute atomic E-state index is 0.144. The van der Waals surface area contributed by atoms with Gasteiger partial charge < -0.3 is 20.9 Å². The first-order chi connectivity index (χ1) is 22.5. The van der Waals surface area contributed by atoms with Gasteiger partial charge in [0, 0.05) is 37.7 Å². The van der Waals surface area contributed by atoms with Crippen LogP contribution in [-0.4, -0.2) is 65.2 Å². The third kappa shape index (κ3) is 15.6. The molecule has 3 N–H and O–H groups in total. The smallest absolute Gasteiger partial charge is 0.271 e. The van der Waals surface area contributed by atoms with Crippen molar-refractivity contribution in [1.82, 2.24) is 25.5 Å². The molecule has 47 heavy (non-hydrogen) atoms. The first-order valence-corrected chi connectivity index (χ1v) is 15.3. The van der Waals surface area contributed by atoms with Gasteiger partial charge in [-0.25, -0.2) is 9.37 Å². The molecule has 0 bridgehead atoms. The van der Waals surface area contributed by atoms with Gasteiger partial charge in [-0.05, 0) is 54.5 Å². The standard InChI is InChI=1S/C22H24FN5O2.C7H7NO.C4H10.C2H5NO/c1-14-9-18(11-24)28(13-14)22(30)15(2)19(10-16-3-5-17(23)6-4-16)27-21(29)20-12-25-7-8-26-20;9-6-8-7-4-2-1-3-5-7;1-4(2)3;1-3-2-4/h3-8,12,14-15,18-19H,9-10,13H2,1-2H3,(H,27,29);1-6H,(H,8,9);4H,1-3H3;2H,1H3,(H,3,4). The van der Waals surface area contributed by atoms with Crippen LogP contribution in [0.3, 0.4) is 0 Å². The third-order valence-corrected chi connectivity index (χ3v) is 6.53. The number of hydrogen-bond acceptors (Lipinski definition) is 7. The van der Waals surface area contributed by atoms with Crippen LogP contribution in [-0.2, 0) is 20.8 Å². The monoisotopic (exact) mass is 647 g/mol. The summed E-state index contributed by atoms with van der Waals surface area (Å²) in [6.45, 7) is 10.8. The van der Waals surface area contributed by atoms with Crippen LogP contribution in [0.5, 0.6) is 0 Å². The Morgan fingerprint density at radius 2 is 1.66 bits per heavy atom. The Bertz CT molecular complexity index is 1380. The Morgan fingerprint density at radius 3 is 2.17 bits per heavy atom. The van der Waals surface area contributed by atoms with Crippen LogP contribution in [0.4, 0.5) is 10.1 Å². The van der Waals surface area contributed by atoms with Crippen molar-refractivity contribution < 1.29 is 23.6 Å². The van der Waals surface area contributed by atoms with Crippen molar-refractivity contribution >= 4 is 30.3 Å². The fourth-order valence-electron chi connectivity index (χ4n) is 4.33. The number of amides is 4. The van der Waals surface area contributed by atoms with Crippen molar-refractivity contribution in [2.75, 3.05) is 18.9 Å². The van der Waals surface area contributed by atoms with E-state index in [2.05, 4.69) is 52.8 Å². The highest BCUT2D eigenvalue weighted by molar-refractivity contribution is 5.92. The number of likely N-dealkylation sites (tertiary alicyclic amines) is 1. The molecule has 1 aliphatic rings. The fraction of sp³-hybridized carbons (Fsp3) is 0.400. The number of carbonyl (C=O) groups excluding carboxylic acids is 4. The number of aromatic nitrogens is 2. The Labute approximate surface area is 277 Å². The number of nitrogens with zero attached hydrogens (tertiary/aromatic N) is 4. The molecule has 0 saturated carbocycles. The molecule has 4 amide bonds. The maximum atomic E-state index is 13.3. The van der Waals surface area contributed by atoms with Crippen LogP contribution in [0.25, 0.3) is 0 Å². The molecular formula is C35H46FN7O4. The minimum Gasteiger partial charge on any atom is -0.362 e. The molecule has 1 aromatic heterocycles. The third-order valence-electron chi connectivity index (χ3n) is 6.53. The zero-order chi connectivity index (χ0) is 35.2.